The maximum absolute atomic E-state index is 11.1. The van der Waals surface area contributed by atoms with E-state index in [1.807, 2.05) is 6.92 Å². The molecule has 17 heavy (non-hydrogen) atoms. The Bertz CT molecular complexity index is 222. The van der Waals surface area contributed by atoms with Crippen LogP contribution in [0.4, 0.5) is 0 Å². The van der Waals surface area contributed by atoms with E-state index in [4.69, 9.17) is 9.47 Å². The molecule has 6 heteroatoms. The third-order valence-corrected chi connectivity index (χ3v) is 1.90. The molecule has 0 heterocycles. The summed E-state index contributed by atoms with van der Waals surface area (Å²) in [5.41, 5.74) is 0. The largest absolute Gasteiger partial charge is 0.379 e. The van der Waals surface area contributed by atoms with Gasteiger partial charge in [0.05, 0.1) is 13.2 Å². The Kier molecular flexibility index (Phi) is 10.6. The van der Waals surface area contributed by atoms with Crippen LogP contribution < -0.4 is 10.6 Å². The zero-order valence-corrected chi connectivity index (χ0v) is 10.6. The first-order valence-electron chi connectivity index (χ1n) is 5.83. The summed E-state index contributed by atoms with van der Waals surface area (Å²) in [7, 11) is 1.58. The van der Waals surface area contributed by atoms with Crippen LogP contribution in [0.15, 0.2) is 0 Å². The van der Waals surface area contributed by atoms with E-state index < -0.39 is 0 Å². The highest BCUT2D eigenvalue weighted by Gasteiger charge is 2.00. The lowest BCUT2D eigenvalue weighted by Crippen LogP contribution is -2.31. The normalized spacial score (nSPS) is 10.0. The minimum absolute atomic E-state index is 0.0537. The van der Waals surface area contributed by atoms with E-state index >= 15 is 0 Å². The lowest BCUT2D eigenvalue weighted by Gasteiger charge is -2.06. The lowest BCUT2D eigenvalue weighted by atomic mass is 10.4. The molecule has 0 atom stereocenters. The molecule has 0 unspecified atom stereocenters. The summed E-state index contributed by atoms with van der Waals surface area (Å²) >= 11 is 0. The van der Waals surface area contributed by atoms with Crippen LogP contribution in [0.3, 0.4) is 0 Å². The van der Waals surface area contributed by atoms with Crippen molar-refractivity contribution in [1.29, 1.82) is 0 Å². The molecular formula is C11H22N2O4. The van der Waals surface area contributed by atoms with E-state index in [-0.39, 0.29) is 18.4 Å². The van der Waals surface area contributed by atoms with Crippen molar-refractivity contribution in [2.75, 3.05) is 40.0 Å². The van der Waals surface area contributed by atoms with Crippen molar-refractivity contribution in [3.63, 3.8) is 0 Å². The third-order valence-electron chi connectivity index (χ3n) is 1.90. The second kappa shape index (κ2) is 11.3. The van der Waals surface area contributed by atoms with Gasteiger partial charge in [0, 0.05) is 26.6 Å². The Balaban J connectivity index is 3.22. The first kappa shape index (κ1) is 15.9. The molecule has 100 valence electrons. The predicted molar refractivity (Wildman–Crippen MR) is 63.6 cm³/mol. The van der Waals surface area contributed by atoms with Gasteiger partial charge in [0.25, 0.3) is 0 Å². The zero-order valence-electron chi connectivity index (χ0n) is 10.6. The van der Waals surface area contributed by atoms with Crippen molar-refractivity contribution in [3.8, 4) is 0 Å². The second-order valence-corrected chi connectivity index (χ2v) is 3.44. The van der Waals surface area contributed by atoms with Crippen LogP contribution in [-0.4, -0.2) is 51.8 Å². The molecule has 0 fully saturated rings. The number of hydrogen-bond acceptors (Lipinski definition) is 4. The Hall–Kier alpha value is -1.14. The number of nitrogens with one attached hydrogen (secondary N) is 2. The molecule has 2 N–H and O–H groups in total. The Morgan fingerprint density at radius 2 is 1.82 bits per heavy atom. The number of carbonyl (C=O) groups excluding carboxylic acids is 2. The van der Waals surface area contributed by atoms with Crippen molar-refractivity contribution in [2.45, 2.75) is 19.8 Å². The summed E-state index contributed by atoms with van der Waals surface area (Å²) < 4.78 is 10.2. The van der Waals surface area contributed by atoms with Crippen molar-refractivity contribution in [2.24, 2.45) is 0 Å². The highest BCUT2D eigenvalue weighted by atomic mass is 16.5. The van der Waals surface area contributed by atoms with Gasteiger partial charge in [-0.25, -0.2) is 0 Å². The summed E-state index contributed by atoms with van der Waals surface area (Å²) in [5, 5.41) is 5.15. The van der Waals surface area contributed by atoms with Crippen molar-refractivity contribution >= 4 is 11.8 Å². The van der Waals surface area contributed by atoms with E-state index in [2.05, 4.69) is 10.6 Å². The molecule has 0 radical (unpaired) electrons. The number of carbonyl (C=O) groups is 2. The van der Waals surface area contributed by atoms with E-state index in [9.17, 15) is 9.59 Å². The molecular weight excluding hydrogens is 224 g/mol. The number of hydrogen-bond donors (Lipinski definition) is 2. The zero-order chi connectivity index (χ0) is 12.9. The third kappa shape index (κ3) is 11.1. The van der Waals surface area contributed by atoms with Gasteiger partial charge in [-0.15, -0.1) is 0 Å². The SMILES string of the molecule is CCCOCC(=O)NCCOCCC(=O)NC. The van der Waals surface area contributed by atoms with Crippen LogP contribution in [-0.2, 0) is 19.1 Å². The standard InChI is InChI=1S/C11H22N2O4/c1-3-6-17-9-11(15)13-5-8-16-7-4-10(14)12-2/h3-9H2,1-2H3,(H,12,14)(H,13,15). The van der Waals surface area contributed by atoms with Gasteiger partial charge in [0.15, 0.2) is 0 Å². The van der Waals surface area contributed by atoms with Gasteiger partial charge in [-0.2, -0.15) is 0 Å². The maximum atomic E-state index is 11.1. The average Bonchev–Trinajstić information content (AvgIpc) is 2.33. The Labute approximate surface area is 102 Å². The molecule has 0 saturated heterocycles. The van der Waals surface area contributed by atoms with Gasteiger partial charge in [0.2, 0.25) is 11.8 Å². The molecule has 0 bridgehead atoms. The Morgan fingerprint density at radius 3 is 2.47 bits per heavy atom. The Morgan fingerprint density at radius 1 is 1.06 bits per heavy atom. The summed E-state index contributed by atoms with van der Waals surface area (Å²) in [6.45, 7) is 3.86. The fraction of sp³-hybridized carbons (Fsp3) is 0.818. The smallest absolute Gasteiger partial charge is 0.246 e. The summed E-state index contributed by atoms with van der Waals surface area (Å²) in [4.78, 5) is 22.0. The number of rotatable bonds is 10. The molecule has 0 aliphatic rings. The van der Waals surface area contributed by atoms with Crippen molar-refractivity contribution in [3.05, 3.63) is 0 Å². The number of amides is 2. The number of ether oxygens (including phenoxy) is 2. The molecule has 6 nitrogen and oxygen atoms in total. The molecule has 0 aliphatic carbocycles. The van der Waals surface area contributed by atoms with E-state index in [0.29, 0.717) is 32.8 Å². The van der Waals surface area contributed by atoms with Crippen LogP contribution >= 0.6 is 0 Å². The van der Waals surface area contributed by atoms with Gasteiger partial charge in [-0.05, 0) is 6.42 Å². The maximum Gasteiger partial charge on any atom is 0.246 e. The molecule has 0 spiro atoms. The molecule has 0 aromatic rings. The topological polar surface area (TPSA) is 76.7 Å². The molecule has 0 aliphatic heterocycles. The molecule has 0 aromatic carbocycles. The monoisotopic (exact) mass is 246 g/mol. The lowest BCUT2D eigenvalue weighted by molar-refractivity contribution is -0.126. The predicted octanol–water partition coefficient (Wildman–Crippen LogP) is -0.318. The summed E-state index contributed by atoms with van der Waals surface area (Å²) in [6.07, 6.45) is 1.24. The second-order valence-electron chi connectivity index (χ2n) is 3.44. The first-order valence-corrected chi connectivity index (χ1v) is 5.83. The highest BCUT2D eigenvalue weighted by molar-refractivity contribution is 5.77. The van der Waals surface area contributed by atoms with E-state index in [1.165, 1.54) is 0 Å². The van der Waals surface area contributed by atoms with Gasteiger partial charge in [-0.1, -0.05) is 6.92 Å². The molecule has 2 amide bonds. The minimum atomic E-state index is -0.145. The van der Waals surface area contributed by atoms with Crippen LogP contribution in [0.25, 0.3) is 0 Å². The quantitative estimate of drug-likeness (QED) is 0.518. The van der Waals surface area contributed by atoms with E-state index in [0.717, 1.165) is 6.42 Å². The molecule has 0 saturated carbocycles. The van der Waals surface area contributed by atoms with Crippen LogP contribution in [0.2, 0.25) is 0 Å². The van der Waals surface area contributed by atoms with Gasteiger partial charge in [0.1, 0.15) is 6.61 Å². The van der Waals surface area contributed by atoms with Crippen molar-refractivity contribution < 1.29 is 19.1 Å². The van der Waals surface area contributed by atoms with Gasteiger partial charge < -0.3 is 20.1 Å². The van der Waals surface area contributed by atoms with E-state index in [1.54, 1.807) is 7.05 Å². The average molecular weight is 246 g/mol. The highest BCUT2D eigenvalue weighted by Crippen LogP contribution is 1.83. The minimum Gasteiger partial charge on any atom is -0.379 e. The van der Waals surface area contributed by atoms with Gasteiger partial charge in [-0.3, -0.25) is 9.59 Å². The summed E-state index contributed by atoms with van der Waals surface area (Å²) in [5.74, 6) is -0.199. The van der Waals surface area contributed by atoms with Crippen LogP contribution in [0, 0.1) is 0 Å². The van der Waals surface area contributed by atoms with Crippen molar-refractivity contribution in [1.82, 2.24) is 10.6 Å². The summed E-state index contributed by atoms with van der Waals surface area (Å²) in [6, 6.07) is 0. The van der Waals surface area contributed by atoms with Gasteiger partial charge >= 0.3 is 0 Å². The van der Waals surface area contributed by atoms with Crippen LogP contribution in [0.1, 0.15) is 19.8 Å². The fourth-order valence-electron chi connectivity index (χ4n) is 1.01. The van der Waals surface area contributed by atoms with Crippen LogP contribution in [0.5, 0.6) is 0 Å². The molecule has 0 rings (SSSR count). The molecule has 0 aromatic heterocycles. The first-order chi connectivity index (χ1) is 8.20. The fourth-order valence-corrected chi connectivity index (χ4v) is 1.01.